The van der Waals surface area contributed by atoms with Crippen molar-refractivity contribution in [3.8, 4) is 0 Å². The zero-order valence-electron chi connectivity index (χ0n) is 8.62. The zero-order chi connectivity index (χ0) is 10.2. The molecule has 0 aromatic rings. The number of carbonyl (C=O) groups excluding carboxylic acids is 1. The van der Waals surface area contributed by atoms with E-state index >= 15 is 0 Å². The van der Waals surface area contributed by atoms with Gasteiger partial charge in [0.2, 0.25) is 0 Å². The molecule has 14 heavy (non-hydrogen) atoms. The molecule has 0 N–H and O–H groups in total. The van der Waals surface area contributed by atoms with Crippen LogP contribution in [0.15, 0.2) is 0 Å². The molecule has 1 heterocycles. The first-order chi connectivity index (χ1) is 6.72. The quantitative estimate of drug-likeness (QED) is 0.490. The highest BCUT2D eigenvalue weighted by atomic mass is 16.7. The average Bonchev–Trinajstić information content (AvgIpc) is 2.93. The third-order valence-electron chi connectivity index (χ3n) is 3.30. The second-order valence-electron chi connectivity index (χ2n) is 4.02. The van der Waals surface area contributed by atoms with Gasteiger partial charge < -0.3 is 14.2 Å². The molecule has 1 unspecified atom stereocenters. The van der Waals surface area contributed by atoms with E-state index in [9.17, 15) is 4.79 Å². The molecule has 0 aromatic heterocycles. The fraction of sp³-hybridized carbons (Fsp3) is 0.900. The van der Waals surface area contributed by atoms with Crippen molar-refractivity contribution in [1.29, 1.82) is 0 Å². The number of esters is 1. The van der Waals surface area contributed by atoms with Crippen molar-refractivity contribution < 1.29 is 19.0 Å². The van der Waals surface area contributed by atoms with Gasteiger partial charge in [-0.2, -0.15) is 0 Å². The lowest BCUT2D eigenvalue weighted by atomic mass is 9.85. The van der Waals surface area contributed by atoms with Crippen LogP contribution in [-0.2, 0) is 19.0 Å². The van der Waals surface area contributed by atoms with Crippen LogP contribution < -0.4 is 0 Å². The molecule has 1 saturated heterocycles. The molecule has 0 radical (unpaired) electrons. The van der Waals surface area contributed by atoms with Crippen molar-refractivity contribution in [1.82, 2.24) is 0 Å². The number of rotatable bonds is 2. The van der Waals surface area contributed by atoms with E-state index in [-0.39, 0.29) is 17.7 Å². The zero-order valence-corrected chi connectivity index (χ0v) is 8.62. The van der Waals surface area contributed by atoms with Crippen LogP contribution >= 0.6 is 0 Å². The Morgan fingerprint density at radius 2 is 2.00 bits per heavy atom. The van der Waals surface area contributed by atoms with Crippen molar-refractivity contribution in [3.05, 3.63) is 0 Å². The van der Waals surface area contributed by atoms with E-state index < -0.39 is 0 Å². The molecule has 4 nitrogen and oxygen atoms in total. The molecule has 0 bridgehead atoms. The highest BCUT2D eigenvalue weighted by Crippen LogP contribution is 2.48. The van der Waals surface area contributed by atoms with Crippen LogP contribution in [0.25, 0.3) is 0 Å². The summed E-state index contributed by atoms with van der Waals surface area (Å²) in [6.45, 7) is 0. The SMILES string of the molecule is COC(=O)C1OC12CCC(OC)CC2. The summed E-state index contributed by atoms with van der Waals surface area (Å²) in [6.07, 6.45) is 3.79. The predicted octanol–water partition coefficient (Wildman–Crippen LogP) is 0.886. The normalized spacial score (nSPS) is 41.0. The largest absolute Gasteiger partial charge is 0.467 e. The molecular weight excluding hydrogens is 184 g/mol. The molecule has 0 amide bonds. The van der Waals surface area contributed by atoms with Crippen molar-refractivity contribution in [2.75, 3.05) is 14.2 Å². The molecule has 1 atom stereocenters. The first-order valence-corrected chi connectivity index (χ1v) is 5.00. The van der Waals surface area contributed by atoms with E-state index in [0.717, 1.165) is 25.7 Å². The van der Waals surface area contributed by atoms with Crippen LogP contribution in [0.1, 0.15) is 25.7 Å². The van der Waals surface area contributed by atoms with E-state index in [0.29, 0.717) is 6.10 Å². The van der Waals surface area contributed by atoms with Crippen molar-refractivity contribution >= 4 is 5.97 Å². The van der Waals surface area contributed by atoms with E-state index in [1.165, 1.54) is 7.11 Å². The molecular formula is C10H16O4. The van der Waals surface area contributed by atoms with E-state index in [1.807, 2.05) is 0 Å². The van der Waals surface area contributed by atoms with Gasteiger partial charge in [0.25, 0.3) is 0 Å². The van der Waals surface area contributed by atoms with E-state index in [1.54, 1.807) is 7.11 Å². The number of epoxide rings is 1. The van der Waals surface area contributed by atoms with Crippen LogP contribution in [0, 0.1) is 0 Å². The Kier molecular flexibility index (Phi) is 2.49. The third-order valence-corrected chi connectivity index (χ3v) is 3.30. The van der Waals surface area contributed by atoms with Gasteiger partial charge in [0.05, 0.1) is 13.2 Å². The molecule has 1 saturated carbocycles. The van der Waals surface area contributed by atoms with Crippen LogP contribution in [0.4, 0.5) is 0 Å². The van der Waals surface area contributed by atoms with Crippen molar-refractivity contribution in [2.45, 2.75) is 43.5 Å². The minimum atomic E-state index is -0.315. The molecule has 1 aliphatic carbocycles. The average molecular weight is 200 g/mol. The maximum absolute atomic E-state index is 11.2. The van der Waals surface area contributed by atoms with Crippen molar-refractivity contribution in [3.63, 3.8) is 0 Å². The van der Waals surface area contributed by atoms with E-state index in [2.05, 4.69) is 4.74 Å². The Balaban J connectivity index is 1.88. The first-order valence-electron chi connectivity index (χ1n) is 5.00. The van der Waals surface area contributed by atoms with Crippen LogP contribution in [-0.4, -0.2) is 38.0 Å². The highest BCUT2D eigenvalue weighted by molar-refractivity contribution is 5.79. The van der Waals surface area contributed by atoms with Gasteiger partial charge >= 0.3 is 5.97 Å². The summed E-state index contributed by atoms with van der Waals surface area (Å²) in [5.74, 6) is -0.235. The minimum Gasteiger partial charge on any atom is -0.467 e. The molecule has 2 rings (SSSR count). The van der Waals surface area contributed by atoms with Gasteiger partial charge in [-0.25, -0.2) is 4.79 Å². The van der Waals surface area contributed by atoms with Crippen LogP contribution in [0.5, 0.6) is 0 Å². The Morgan fingerprint density at radius 3 is 2.50 bits per heavy atom. The number of ether oxygens (including phenoxy) is 3. The third kappa shape index (κ3) is 1.53. The van der Waals surface area contributed by atoms with Crippen molar-refractivity contribution in [2.24, 2.45) is 0 Å². The standard InChI is InChI=1S/C10H16O4/c1-12-7-3-5-10(6-4-7)8(14-10)9(11)13-2/h7-8H,3-6H2,1-2H3. The minimum absolute atomic E-state index is 0.206. The van der Waals surface area contributed by atoms with Gasteiger partial charge in [-0.05, 0) is 25.7 Å². The first kappa shape index (κ1) is 9.93. The number of carbonyl (C=O) groups is 1. The summed E-state index contributed by atoms with van der Waals surface area (Å²) in [5, 5.41) is 0. The topological polar surface area (TPSA) is 48.1 Å². The second kappa shape index (κ2) is 3.51. The van der Waals surface area contributed by atoms with Gasteiger partial charge in [-0.1, -0.05) is 0 Å². The Labute approximate surface area is 83.5 Å². The number of hydrogen-bond donors (Lipinski definition) is 0. The molecule has 2 fully saturated rings. The second-order valence-corrected chi connectivity index (χ2v) is 4.02. The summed E-state index contributed by atoms with van der Waals surface area (Å²) in [5.41, 5.74) is -0.206. The summed E-state index contributed by atoms with van der Waals surface area (Å²) in [7, 11) is 3.13. The summed E-state index contributed by atoms with van der Waals surface area (Å²) >= 11 is 0. The Morgan fingerprint density at radius 1 is 1.36 bits per heavy atom. The fourth-order valence-electron chi connectivity index (χ4n) is 2.27. The predicted molar refractivity (Wildman–Crippen MR) is 48.9 cm³/mol. The monoisotopic (exact) mass is 200 g/mol. The smallest absolute Gasteiger partial charge is 0.338 e. The van der Waals surface area contributed by atoms with Crippen LogP contribution in [0.2, 0.25) is 0 Å². The Hall–Kier alpha value is -0.610. The fourth-order valence-corrected chi connectivity index (χ4v) is 2.27. The maximum atomic E-state index is 11.2. The summed E-state index contributed by atoms with van der Waals surface area (Å²) in [6, 6.07) is 0. The molecule has 1 spiro atoms. The number of hydrogen-bond acceptors (Lipinski definition) is 4. The van der Waals surface area contributed by atoms with E-state index in [4.69, 9.17) is 9.47 Å². The highest BCUT2D eigenvalue weighted by Gasteiger charge is 2.61. The lowest BCUT2D eigenvalue weighted by molar-refractivity contribution is -0.142. The lowest BCUT2D eigenvalue weighted by Crippen LogP contribution is -2.30. The molecule has 0 aromatic carbocycles. The summed E-state index contributed by atoms with van der Waals surface area (Å²) in [4.78, 5) is 11.2. The van der Waals surface area contributed by atoms with Gasteiger partial charge in [0.1, 0.15) is 5.60 Å². The molecule has 4 heteroatoms. The van der Waals surface area contributed by atoms with Gasteiger partial charge in [0, 0.05) is 7.11 Å². The molecule has 80 valence electrons. The Bertz CT molecular complexity index is 230. The lowest BCUT2D eigenvalue weighted by Gasteiger charge is -2.25. The molecule has 1 aliphatic heterocycles. The molecule has 2 aliphatic rings. The summed E-state index contributed by atoms with van der Waals surface area (Å²) < 4.78 is 15.4. The van der Waals surface area contributed by atoms with Gasteiger partial charge in [-0.3, -0.25) is 0 Å². The van der Waals surface area contributed by atoms with Crippen LogP contribution in [0.3, 0.4) is 0 Å². The van der Waals surface area contributed by atoms with Gasteiger partial charge in [0.15, 0.2) is 6.10 Å². The van der Waals surface area contributed by atoms with Gasteiger partial charge in [-0.15, -0.1) is 0 Å². The maximum Gasteiger partial charge on any atom is 0.338 e. The number of methoxy groups -OCH3 is 2.